The van der Waals surface area contributed by atoms with Crippen molar-refractivity contribution < 1.29 is 0 Å². The molecule has 1 aromatic heterocycles. The number of nitrogens with two attached hydrogens (primary N) is 1. The van der Waals surface area contributed by atoms with E-state index in [9.17, 15) is 9.70 Å². The zero-order valence-corrected chi connectivity index (χ0v) is 6.29. The van der Waals surface area contributed by atoms with Crippen molar-refractivity contribution in [3.63, 3.8) is 0 Å². The highest BCUT2D eigenvalue weighted by molar-refractivity contribution is 5.57. The first kappa shape index (κ1) is 8.18. The second-order valence-electron chi connectivity index (χ2n) is 1.99. The third-order valence-corrected chi connectivity index (χ3v) is 1.25. The molecule has 0 saturated heterocycles. The summed E-state index contributed by atoms with van der Waals surface area (Å²) in [4.78, 5) is 26.9. The highest BCUT2D eigenvalue weighted by Crippen LogP contribution is 2.12. The van der Waals surface area contributed by atoms with Gasteiger partial charge in [-0.1, -0.05) is 0 Å². The van der Waals surface area contributed by atoms with E-state index < -0.39 is 11.2 Å². The van der Waals surface area contributed by atoms with Crippen molar-refractivity contribution in [2.75, 3.05) is 18.1 Å². The number of H-pyrrole nitrogens is 1. The fourth-order valence-electron chi connectivity index (χ4n) is 0.691. The van der Waals surface area contributed by atoms with Gasteiger partial charge in [-0.15, -0.1) is 4.91 Å². The summed E-state index contributed by atoms with van der Waals surface area (Å²) < 4.78 is 0. The minimum absolute atomic E-state index is 0.182. The molecule has 0 bridgehead atoms. The number of anilines is 2. The van der Waals surface area contributed by atoms with E-state index in [0.717, 1.165) is 0 Å². The summed E-state index contributed by atoms with van der Waals surface area (Å²) in [6, 6.07) is 0. The molecule has 7 heteroatoms. The van der Waals surface area contributed by atoms with E-state index in [1.807, 2.05) is 0 Å². The van der Waals surface area contributed by atoms with Crippen molar-refractivity contribution in [1.29, 1.82) is 0 Å². The van der Waals surface area contributed by atoms with Gasteiger partial charge in [-0.05, 0) is 5.18 Å². The number of nitrogen functional groups attached to an aromatic ring is 1. The molecule has 0 atom stereocenters. The van der Waals surface area contributed by atoms with E-state index in [2.05, 4.69) is 20.5 Å². The maximum Gasteiger partial charge on any atom is 0.284 e. The van der Waals surface area contributed by atoms with Gasteiger partial charge in [0, 0.05) is 7.05 Å². The molecular weight excluding hydrogens is 162 g/mol. The highest BCUT2D eigenvalue weighted by Gasteiger charge is 2.07. The lowest BCUT2D eigenvalue weighted by Gasteiger charge is -1.99. The van der Waals surface area contributed by atoms with E-state index in [-0.39, 0.29) is 11.8 Å². The number of nitrogens with zero attached hydrogens (tertiary/aromatic N) is 2. The number of aromatic amines is 1. The van der Waals surface area contributed by atoms with Crippen molar-refractivity contribution in [3.8, 4) is 0 Å². The first-order valence-electron chi connectivity index (χ1n) is 3.10. The average molecular weight is 169 g/mol. The molecule has 7 nitrogen and oxygen atoms in total. The number of hydrogen-bond donors (Lipinski definition) is 3. The number of nitroso groups, excluding NO2 is 1. The Kier molecular flexibility index (Phi) is 2.04. The molecule has 0 aromatic carbocycles. The molecule has 1 rings (SSSR count). The molecule has 1 heterocycles. The second-order valence-corrected chi connectivity index (χ2v) is 1.99. The largest absolute Gasteiger partial charge is 0.382 e. The normalized spacial score (nSPS) is 9.42. The van der Waals surface area contributed by atoms with Crippen LogP contribution in [0.3, 0.4) is 0 Å². The van der Waals surface area contributed by atoms with Crippen LogP contribution in [-0.2, 0) is 0 Å². The summed E-state index contributed by atoms with van der Waals surface area (Å²) in [5.41, 5.74) is 4.20. The molecule has 12 heavy (non-hydrogen) atoms. The van der Waals surface area contributed by atoms with Crippen LogP contribution in [0.2, 0.25) is 0 Å². The van der Waals surface area contributed by atoms with Crippen molar-refractivity contribution in [3.05, 3.63) is 15.3 Å². The summed E-state index contributed by atoms with van der Waals surface area (Å²) in [6.45, 7) is 0. The van der Waals surface area contributed by atoms with Crippen LogP contribution in [0.5, 0.6) is 0 Å². The number of rotatable bonds is 2. The van der Waals surface area contributed by atoms with Gasteiger partial charge in [0.1, 0.15) is 0 Å². The summed E-state index contributed by atoms with van der Waals surface area (Å²) in [5.74, 6) is 0.0167. The van der Waals surface area contributed by atoms with Crippen molar-refractivity contribution in [2.24, 2.45) is 5.18 Å². The van der Waals surface area contributed by atoms with Crippen molar-refractivity contribution in [1.82, 2.24) is 9.97 Å². The summed E-state index contributed by atoms with van der Waals surface area (Å²) in [5, 5.41) is 5.01. The molecule has 64 valence electrons. The van der Waals surface area contributed by atoms with Gasteiger partial charge in [-0.3, -0.25) is 9.78 Å². The van der Waals surface area contributed by atoms with Gasteiger partial charge in [0.25, 0.3) is 5.56 Å². The van der Waals surface area contributed by atoms with E-state index in [1.165, 1.54) is 0 Å². The number of nitrogens with one attached hydrogen (secondary N) is 2. The molecular formula is C5H7N5O2. The third kappa shape index (κ3) is 1.24. The highest BCUT2D eigenvalue weighted by atomic mass is 16.3. The van der Waals surface area contributed by atoms with Gasteiger partial charge in [0.05, 0.1) is 0 Å². The van der Waals surface area contributed by atoms with Gasteiger partial charge in [0.2, 0.25) is 11.6 Å². The Hall–Kier alpha value is -1.92. The topological polar surface area (TPSA) is 113 Å². The van der Waals surface area contributed by atoms with Gasteiger partial charge in [-0.2, -0.15) is 4.98 Å². The molecule has 0 radical (unpaired) electrons. The second kappa shape index (κ2) is 2.99. The Labute approximate surface area is 67.0 Å². The molecule has 0 aliphatic rings. The molecule has 4 N–H and O–H groups in total. The summed E-state index contributed by atoms with van der Waals surface area (Å²) >= 11 is 0. The Morgan fingerprint density at radius 1 is 1.67 bits per heavy atom. The van der Waals surface area contributed by atoms with Crippen LogP contribution in [0.15, 0.2) is 9.97 Å². The molecule has 1 aromatic rings. The Morgan fingerprint density at radius 2 is 2.33 bits per heavy atom. The Balaban J connectivity index is 3.38. The summed E-state index contributed by atoms with van der Waals surface area (Å²) in [6.07, 6.45) is 0. The molecule has 0 saturated carbocycles. The van der Waals surface area contributed by atoms with Crippen molar-refractivity contribution >= 4 is 17.5 Å². The van der Waals surface area contributed by atoms with Gasteiger partial charge >= 0.3 is 0 Å². The number of hydrogen-bond acceptors (Lipinski definition) is 6. The van der Waals surface area contributed by atoms with Crippen molar-refractivity contribution in [2.45, 2.75) is 0 Å². The molecule has 0 unspecified atom stereocenters. The minimum atomic E-state index is -0.651. The SMILES string of the molecule is CNc1nc(N)c(N=O)c(=O)[nH]1. The van der Waals surface area contributed by atoms with Crippen LogP contribution in [0.4, 0.5) is 17.5 Å². The molecule has 0 aliphatic carbocycles. The van der Waals surface area contributed by atoms with Crippen LogP contribution in [0.25, 0.3) is 0 Å². The summed E-state index contributed by atoms with van der Waals surface area (Å²) in [7, 11) is 1.56. The third-order valence-electron chi connectivity index (χ3n) is 1.25. The predicted molar refractivity (Wildman–Crippen MR) is 44.3 cm³/mol. The quantitative estimate of drug-likeness (QED) is 0.530. The van der Waals surface area contributed by atoms with E-state index in [4.69, 9.17) is 5.73 Å². The lowest BCUT2D eigenvalue weighted by molar-refractivity contribution is 1.11. The standard InChI is InChI=1S/C5H7N5O2/c1-7-5-8-3(6)2(10-12)4(11)9-5/h1H3,(H4,6,7,8,9,11). The van der Waals surface area contributed by atoms with E-state index >= 15 is 0 Å². The van der Waals surface area contributed by atoms with E-state index in [0.29, 0.717) is 0 Å². The van der Waals surface area contributed by atoms with Crippen LogP contribution in [0.1, 0.15) is 0 Å². The molecule has 0 aliphatic heterocycles. The zero-order chi connectivity index (χ0) is 9.14. The van der Waals surface area contributed by atoms with E-state index in [1.54, 1.807) is 7.05 Å². The molecule has 0 amide bonds. The maximum absolute atomic E-state index is 10.9. The Bertz CT molecular complexity index is 357. The van der Waals surface area contributed by atoms with Crippen LogP contribution in [0, 0.1) is 4.91 Å². The fraction of sp³-hybridized carbons (Fsp3) is 0.200. The van der Waals surface area contributed by atoms with Gasteiger partial charge in [-0.25, -0.2) is 0 Å². The maximum atomic E-state index is 10.9. The van der Waals surface area contributed by atoms with Crippen LogP contribution >= 0.6 is 0 Å². The first-order chi connectivity index (χ1) is 5.69. The van der Waals surface area contributed by atoms with Crippen LogP contribution < -0.4 is 16.6 Å². The Morgan fingerprint density at radius 3 is 2.75 bits per heavy atom. The smallest absolute Gasteiger partial charge is 0.284 e. The predicted octanol–water partition coefficient (Wildman–Crippen LogP) is -0.208. The molecule has 0 spiro atoms. The van der Waals surface area contributed by atoms with Gasteiger partial charge < -0.3 is 11.1 Å². The molecule has 0 fully saturated rings. The zero-order valence-electron chi connectivity index (χ0n) is 6.29. The average Bonchev–Trinajstić information content (AvgIpc) is 2.03. The van der Waals surface area contributed by atoms with Gasteiger partial charge in [0.15, 0.2) is 5.82 Å². The van der Waals surface area contributed by atoms with Crippen LogP contribution in [-0.4, -0.2) is 17.0 Å². The lowest BCUT2D eigenvalue weighted by Crippen LogP contribution is -2.12. The first-order valence-corrected chi connectivity index (χ1v) is 3.10. The number of aromatic nitrogens is 2. The minimum Gasteiger partial charge on any atom is -0.382 e. The monoisotopic (exact) mass is 169 g/mol. The fourth-order valence-corrected chi connectivity index (χ4v) is 0.691. The lowest BCUT2D eigenvalue weighted by atomic mass is 10.5.